The summed E-state index contributed by atoms with van der Waals surface area (Å²) in [7, 11) is -1.23. The number of nitrogens with two attached hydrogens (primary N) is 1. The summed E-state index contributed by atoms with van der Waals surface area (Å²) in [6.45, 7) is 0. The maximum atomic E-state index is 13.6. The Bertz CT molecular complexity index is 416. The van der Waals surface area contributed by atoms with Crippen LogP contribution in [-0.4, -0.2) is 9.96 Å². The van der Waals surface area contributed by atoms with Crippen molar-refractivity contribution in [3.8, 4) is 0 Å². The van der Waals surface area contributed by atoms with E-state index < -0.39 is 16.6 Å². The molecule has 1 fully saturated rings. The molecule has 1 unspecified atom stereocenters. The summed E-state index contributed by atoms with van der Waals surface area (Å²) in [4.78, 5) is 0.296. The van der Waals surface area contributed by atoms with Crippen LogP contribution in [0.1, 0.15) is 32.1 Å². The van der Waals surface area contributed by atoms with Crippen molar-refractivity contribution in [3.05, 3.63) is 24.0 Å². The predicted octanol–water partition coefficient (Wildman–Crippen LogP) is 3.10. The van der Waals surface area contributed by atoms with Gasteiger partial charge in [-0.25, -0.2) is 4.39 Å². The van der Waals surface area contributed by atoms with Crippen molar-refractivity contribution in [1.82, 2.24) is 0 Å². The van der Waals surface area contributed by atoms with Crippen LogP contribution in [0.2, 0.25) is 0 Å². The molecule has 1 aliphatic rings. The number of rotatable bonds is 3. The standard InChI is InChI=1S/C13H18FNOS/c14-12-8-11(15)6-7-13(12)17(16)9-10-4-2-1-3-5-10/h6-8,10H,1-5,9,15H2. The molecule has 0 bridgehead atoms. The van der Waals surface area contributed by atoms with Crippen LogP contribution >= 0.6 is 0 Å². The first-order valence-corrected chi connectivity index (χ1v) is 7.42. The number of halogens is 1. The van der Waals surface area contributed by atoms with E-state index in [9.17, 15) is 8.60 Å². The maximum absolute atomic E-state index is 13.6. The van der Waals surface area contributed by atoms with Gasteiger partial charge in [-0.1, -0.05) is 19.3 Å². The van der Waals surface area contributed by atoms with Gasteiger partial charge in [0, 0.05) is 11.4 Å². The molecule has 4 heteroatoms. The van der Waals surface area contributed by atoms with Crippen molar-refractivity contribution in [2.45, 2.75) is 37.0 Å². The van der Waals surface area contributed by atoms with Crippen LogP contribution in [0.15, 0.2) is 23.1 Å². The monoisotopic (exact) mass is 255 g/mol. The Kier molecular flexibility index (Phi) is 4.15. The molecule has 17 heavy (non-hydrogen) atoms. The Morgan fingerprint density at radius 3 is 2.65 bits per heavy atom. The summed E-state index contributed by atoms with van der Waals surface area (Å²) in [6.07, 6.45) is 5.96. The topological polar surface area (TPSA) is 43.1 Å². The van der Waals surface area contributed by atoms with Crippen LogP contribution in [0, 0.1) is 11.7 Å². The third-order valence-electron chi connectivity index (χ3n) is 3.31. The van der Waals surface area contributed by atoms with E-state index in [0.717, 1.165) is 12.8 Å². The molecule has 0 aliphatic heterocycles. The minimum atomic E-state index is -1.23. The first-order valence-electron chi connectivity index (χ1n) is 6.10. The van der Waals surface area contributed by atoms with Crippen LogP contribution in [0.25, 0.3) is 0 Å². The highest BCUT2D eigenvalue weighted by atomic mass is 32.2. The second-order valence-electron chi connectivity index (χ2n) is 4.71. The van der Waals surface area contributed by atoms with Crippen LogP contribution in [0.5, 0.6) is 0 Å². The van der Waals surface area contributed by atoms with E-state index in [0.29, 0.717) is 22.3 Å². The van der Waals surface area contributed by atoms with Gasteiger partial charge < -0.3 is 5.73 Å². The fraction of sp³-hybridized carbons (Fsp3) is 0.538. The lowest BCUT2D eigenvalue weighted by Crippen LogP contribution is -2.15. The molecule has 0 heterocycles. The number of nitrogen functional groups attached to an aromatic ring is 1. The van der Waals surface area contributed by atoms with Crippen LogP contribution in [-0.2, 0) is 10.8 Å². The molecule has 2 nitrogen and oxygen atoms in total. The van der Waals surface area contributed by atoms with Crippen LogP contribution in [0.3, 0.4) is 0 Å². The zero-order chi connectivity index (χ0) is 12.3. The van der Waals surface area contributed by atoms with Gasteiger partial charge in [0.15, 0.2) is 0 Å². The molecule has 1 aromatic carbocycles. The molecule has 0 amide bonds. The minimum absolute atomic E-state index is 0.296. The SMILES string of the molecule is Nc1ccc(S(=O)CC2CCCCC2)c(F)c1. The van der Waals surface area contributed by atoms with Crippen molar-refractivity contribution in [2.24, 2.45) is 5.92 Å². The van der Waals surface area contributed by atoms with Crippen LogP contribution in [0.4, 0.5) is 10.1 Å². The van der Waals surface area contributed by atoms with E-state index in [-0.39, 0.29) is 0 Å². The molecule has 0 saturated heterocycles. The van der Waals surface area contributed by atoms with Gasteiger partial charge in [-0.3, -0.25) is 4.21 Å². The molecule has 94 valence electrons. The first kappa shape index (κ1) is 12.6. The molecule has 1 aliphatic carbocycles. The summed E-state index contributed by atoms with van der Waals surface area (Å²) in [6, 6.07) is 4.40. The normalized spacial score (nSPS) is 19.1. The van der Waals surface area contributed by atoms with Crippen molar-refractivity contribution < 1.29 is 8.60 Å². The van der Waals surface area contributed by atoms with Gasteiger partial charge in [-0.05, 0) is 37.0 Å². The summed E-state index contributed by atoms with van der Waals surface area (Å²) in [5.74, 6) is 0.626. The van der Waals surface area contributed by atoms with E-state index >= 15 is 0 Å². The smallest absolute Gasteiger partial charge is 0.141 e. The van der Waals surface area contributed by atoms with Crippen molar-refractivity contribution in [3.63, 3.8) is 0 Å². The zero-order valence-electron chi connectivity index (χ0n) is 9.82. The Labute approximate surface area is 104 Å². The predicted molar refractivity (Wildman–Crippen MR) is 68.7 cm³/mol. The van der Waals surface area contributed by atoms with Gasteiger partial charge in [-0.2, -0.15) is 0 Å². The summed E-state index contributed by atoms with van der Waals surface area (Å²) in [5, 5.41) is 0. The molecular weight excluding hydrogens is 237 g/mol. The number of anilines is 1. The zero-order valence-corrected chi connectivity index (χ0v) is 10.6. The molecule has 2 N–H and O–H groups in total. The summed E-state index contributed by atoms with van der Waals surface area (Å²) >= 11 is 0. The fourth-order valence-corrected chi connectivity index (χ4v) is 3.80. The third-order valence-corrected chi connectivity index (χ3v) is 4.91. The van der Waals surface area contributed by atoms with E-state index in [1.165, 1.54) is 25.3 Å². The summed E-state index contributed by atoms with van der Waals surface area (Å²) in [5.41, 5.74) is 5.85. The molecular formula is C13H18FNOS. The highest BCUT2D eigenvalue weighted by molar-refractivity contribution is 7.85. The van der Waals surface area contributed by atoms with Gasteiger partial charge in [0.25, 0.3) is 0 Å². The number of hydrogen-bond acceptors (Lipinski definition) is 2. The Balaban J connectivity index is 2.03. The Morgan fingerprint density at radius 2 is 2.00 bits per heavy atom. The number of benzene rings is 1. The molecule has 0 radical (unpaired) electrons. The molecule has 0 spiro atoms. The van der Waals surface area contributed by atoms with Crippen molar-refractivity contribution in [1.29, 1.82) is 0 Å². The summed E-state index contributed by atoms with van der Waals surface area (Å²) < 4.78 is 25.7. The third kappa shape index (κ3) is 3.28. The second kappa shape index (κ2) is 5.63. The number of hydrogen-bond donors (Lipinski definition) is 1. The molecule has 1 aromatic rings. The maximum Gasteiger partial charge on any atom is 0.141 e. The molecule has 1 atom stereocenters. The minimum Gasteiger partial charge on any atom is -0.399 e. The largest absolute Gasteiger partial charge is 0.399 e. The lowest BCUT2D eigenvalue weighted by Gasteiger charge is -2.20. The fourth-order valence-electron chi connectivity index (χ4n) is 2.36. The Hall–Kier alpha value is -0.900. The lowest BCUT2D eigenvalue weighted by molar-refractivity contribution is 0.388. The van der Waals surface area contributed by atoms with Gasteiger partial charge in [0.2, 0.25) is 0 Å². The van der Waals surface area contributed by atoms with Gasteiger partial charge in [-0.15, -0.1) is 0 Å². The van der Waals surface area contributed by atoms with E-state index in [4.69, 9.17) is 5.73 Å². The average Bonchev–Trinajstić information content (AvgIpc) is 2.30. The van der Waals surface area contributed by atoms with Gasteiger partial charge >= 0.3 is 0 Å². The van der Waals surface area contributed by atoms with Crippen LogP contribution < -0.4 is 5.73 Å². The first-order chi connectivity index (χ1) is 8.16. The van der Waals surface area contributed by atoms with E-state index in [1.807, 2.05) is 0 Å². The Morgan fingerprint density at radius 1 is 1.29 bits per heavy atom. The molecule has 1 saturated carbocycles. The van der Waals surface area contributed by atoms with Crippen molar-refractivity contribution >= 4 is 16.5 Å². The van der Waals surface area contributed by atoms with Gasteiger partial charge in [0.1, 0.15) is 5.82 Å². The van der Waals surface area contributed by atoms with E-state index in [2.05, 4.69) is 0 Å². The van der Waals surface area contributed by atoms with Gasteiger partial charge in [0.05, 0.1) is 15.7 Å². The molecule has 0 aromatic heterocycles. The second-order valence-corrected chi connectivity index (χ2v) is 6.17. The molecule has 2 rings (SSSR count). The van der Waals surface area contributed by atoms with Crippen molar-refractivity contribution in [2.75, 3.05) is 11.5 Å². The van der Waals surface area contributed by atoms with E-state index in [1.54, 1.807) is 12.1 Å². The highest BCUT2D eigenvalue weighted by Crippen LogP contribution is 2.26. The highest BCUT2D eigenvalue weighted by Gasteiger charge is 2.19. The lowest BCUT2D eigenvalue weighted by atomic mass is 9.91. The average molecular weight is 255 g/mol. The quantitative estimate of drug-likeness (QED) is 0.843.